The summed E-state index contributed by atoms with van der Waals surface area (Å²) < 4.78 is 13.3. The Labute approximate surface area is 133 Å². The van der Waals surface area contributed by atoms with E-state index in [1.54, 1.807) is 14.2 Å². The summed E-state index contributed by atoms with van der Waals surface area (Å²) in [6.45, 7) is 2.95. The fourth-order valence-electron chi connectivity index (χ4n) is 2.02. The third kappa shape index (κ3) is 4.84. The Hall–Kier alpha value is -1.37. The highest BCUT2D eigenvalue weighted by atomic mass is 79.9. The highest BCUT2D eigenvalue weighted by Gasteiger charge is 2.06. The van der Waals surface area contributed by atoms with Gasteiger partial charge in [-0.3, -0.25) is 4.68 Å². The van der Waals surface area contributed by atoms with E-state index in [0.717, 1.165) is 34.6 Å². The van der Waals surface area contributed by atoms with E-state index in [1.807, 2.05) is 29.1 Å². The Morgan fingerprint density at radius 3 is 2.90 bits per heavy atom. The number of nitrogens with one attached hydrogen (secondary N) is 1. The SMILES string of the molecule is COCCNCc1ccn(Cc2cc(Br)ccc2OC)n1. The molecule has 0 saturated heterocycles. The lowest BCUT2D eigenvalue weighted by molar-refractivity contribution is 0.199. The van der Waals surface area contributed by atoms with Gasteiger partial charge in [0, 0.05) is 36.4 Å². The zero-order valence-electron chi connectivity index (χ0n) is 12.3. The zero-order chi connectivity index (χ0) is 15.1. The second kappa shape index (κ2) is 8.17. The van der Waals surface area contributed by atoms with E-state index in [9.17, 15) is 0 Å². The van der Waals surface area contributed by atoms with Crippen molar-refractivity contribution in [3.8, 4) is 5.75 Å². The number of benzene rings is 1. The molecular weight excluding hydrogens is 334 g/mol. The van der Waals surface area contributed by atoms with Crippen LogP contribution in [0.3, 0.4) is 0 Å². The van der Waals surface area contributed by atoms with Crippen molar-refractivity contribution in [2.24, 2.45) is 0 Å². The largest absolute Gasteiger partial charge is 0.496 e. The normalized spacial score (nSPS) is 10.8. The quantitative estimate of drug-likeness (QED) is 0.740. The first-order valence-corrected chi connectivity index (χ1v) is 7.56. The molecule has 0 aliphatic carbocycles. The highest BCUT2D eigenvalue weighted by Crippen LogP contribution is 2.23. The van der Waals surface area contributed by atoms with Crippen molar-refractivity contribution in [2.45, 2.75) is 13.1 Å². The molecule has 2 aromatic rings. The standard InChI is InChI=1S/C15H20BrN3O2/c1-20-8-6-17-10-14-5-7-19(18-14)11-12-9-13(16)3-4-15(12)21-2/h3-5,7,9,17H,6,8,10-11H2,1-2H3. The van der Waals surface area contributed by atoms with Crippen LogP contribution >= 0.6 is 15.9 Å². The zero-order valence-corrected chi connectivity index (χ0v) is 13.9. The summed E-state index contributed by atoms with van der Waals surface area (Å²) in [6, 6.07) is 7.99. The molecule has 114 valence electrons. The lowest BCUT2D eigenvalue weighted by Gasteiger charge is -2.09. The summed E-state index contributed by atoms with van der Waals surface area (Å²) in [5.41, 5.74) is 2.11. The van der Waals surface area contributed by atoms with Crippen molar-refractivity contribution in [2.75, 3.05) is 27.4 Å². The summed E-state index contributed by atoms with van der Waals surface area (Å²) in [5.74, 6) is 0.869. The molecule has 6 heteroatoms. The molecule has 0 radical (unpaired) electrons. The van der Waals surface area contributed by atoms with Gasteiger partial charge in [0.05, 0.1) is 26.0 Å². The van der Waals surface area contributed by atoms with Crippen LogP contribution in [0.25, 0.3) is 0 Å². The third-order valence-corrected chi connectivity index (χ3v) is 3.55. The first-order chi connectivity index (χ1) is 10.2. The van der Waals surface area contributed by atoms with Gasteiger partial charge in [-0.2, -0.15) is 5.10 Å². The van der Waals surface area contributed by atoms with E-state index >= 15 is 0 Å². The Morgan fingerprint density at radius 2 is 2.14 bits per heavy atom. The van der Waals surface area contributed by atoms with Crippen molar-refractivity contribution >= 4 is 15.9 Å². The molecule has 0 fully saturated rings. The molecule has 1 aromatic heterocycles. The number of hydrogen-bond donors (Lipinski definition) is 1. The fraction of sp³-hybridized carbons (Fsp3) is 0.400. The van der Waals surface area contributed by atoms with E-state index in [1.165, 1.54) is 0 Å². The lowest BCUT2D eigenvalue weighted by atomic mass is 10.2. The summed E-state index contributed by atoms with van der Waals surface area (Å²) in [4.78, 5) is 0. The number of halogens is 1. The number of rotatable bonds is 8. The molecule has 1 heterocycles. The predicted octanol–water partition coefficient (Wildman–Crippen LogP) is 2.44. The molecule has 1 aromatic carbocycles. The maximum atomic E-state index is 5.38. The number of methoxy groups -OCH3 is 2. The minimum absolute atomic E-state index is 0.681. The van der Waals surface area contributed by atoms with Gasteiger partial charge in [-0.1, -0.05) is 15.9 Å². The highest BCUT2D eigenvalue weighted by molar-refractivity contribution is 9.10. The van der Waals surface area contributed by atoms with Crippen LogP contribution in [0.1, 0.15) is 11.3 Å². The summed E-state index contributed by atoms with van der Waals surface area (Å²) in [7, 11) is 3.38. The van der Waals surface area contributed by atoms with Gasteiger partial charge in [-0.25, -0.2) is 0 Å². The number of hydrogen-bond acceptors (Lipinski definition) is 4. The van der Waals surface area contributed by atoms with Crippen molar-refractivity contribution < 1.29 is 9.47 Å². The third-order valence-electron chi connectivity index (χ3n) is 3.06. The molecular formula is C15H20BrN3O2. The van der Waals surface area contributed by atoms with Gasteiger partial charge in [-0.15, -0.1) is 0 Å². The molecule has 0 atom stereocenters. The summed E-state index contributed by atoms with van der Waals surface area (Å²) in [6.07, 6.45) is 1.98. The van der Waals surface area contributed by atoms with Gasteiger partial charge in [0.15, 0.2) is 0 Å². The smallest absolute Gasteiger partial charge is 0.124 e. The Balaban J connectivity index is 1.97. The van der Waals surface area contributed by atoms with E-state index in [-0.39, 0.29) is 0 Å². The summed E-state index contributed by atoms with van der Waals surface area (Å²) in [5, 5.41) is 7.83. The predicted molar refractivity (Wildman–Crippen MR) is 85.6 cm³/mol. The van der Waals surface area contributed by atoms with Crippen LogP contribution < -0.4 is 10.1 Å². The van der Waals surface area contributed by atoms with Gasteiger partial charge in [0.25, 0.3) is 0 Å². The maximum absolute atomic E-state index is 5.38. The average molecular weight is 354 g/mol. The molecule has 0 saturated carbocycles. The maximum Gasteiger partial charge on any atom is 0.124 e. The monoisotopic (exact) mass is 353 g/mol. The number of aromatic nitrogens is 2. The first-order valence-electron chi connectivity index (χ1n) is 6.77. The topological polar surface area (TPSA) is 48.3 Å². The number of ether oxygens (including phenoxy) is 2. The molecule has 0 amide bonds. The molecule has 2 rings (SSSR count). The molecule has 0 spiro atoms. The second-order valence-corrected chi connectivity index (χ2v) is 5.55. The Morgan fingerprint density at radius 1 is 1.29 bits per heavy atom. The van der Waals surface area contributed by atoms with Crippen LogP contribution in [0.4, 0.5) is 0 Å². The molecule has 5 nitrogen and oxygen atoms in total. The van der Waals surface area contributed by atoms with Crippen LogP contribution in [0.15, 0.2) is 34.9 Å². The molecule has 0 bridgehead atoms. The summed E-state index contributed by atoms with van der Waals surface area (Å²) >= 11 is 3.49. The Kier molecular flexibility index (Phi) is 6.22. The molecule has 0 unspecified atom stereocenters. The number of nitrogens with zero attached hydrogens (tertiary/aromatic N) is 2. The first kappa shape index (κ1) is 16.0. The van der Waals surface area contributed by atoms with E-state index < -0.39 is 0 Å². The van der Waals surface area contributed by atoms with Gasteiger partial charge < -0.3 is 14.8 Å². The molecule has 0 aliphatic heterocycles. The van der Waals surface area contributed by atoms with Crippen molar-refractivity contribution in [3.05, 3.63) is 46.2 Å². The van der Waals surface area contributed by atoms with Crippen molar-refractivity contribution in [1.29, 1.82) is 0 Å². The van der Waals surface area contributed by atoms with Gasteiger partial charge in [0.2, 0.25) is 0 Å². The molecule has 1 N–H and O–H groups in total. The van der Waals surface area contributed by atoms with E-state index in [0.29, 0.717) is 13.2 Å². The Bertz CT molecular complexity index is 572. The van der Waals surface area contributed by atoms with Gasteiger partial charge >= 0.3 is 0 Å². The van der Waals surface area contributed by atoms with Gasteiger partial charge in [-0.05, 0) is 24.3 Å². The van der Waals surface area contributed by atoms with Crippen LogP contribution in [0.2, 0.25) is 0 Å². The minimum atomic E-state index is 0.681. The van der Waals surface area contributed by atoms with E-state index in [4.69, 9.17) is 9.47 Å². The lowest BCUT2D eigenvalue weighted by Crippen LogP contribution is -2.19. The van der Waals surface area contributed by atoms with Crippen LogP contribution in [-0.4, -0.2) is 37.2 Å². The van der Waals surface area contributed by atoms with Crippen molar-refractivity contribution in [3.63, 3.8) is 0 Å². The second-order valence-electron chi connectivity index (χ2n) is 4.63. The van der Waals surface area contributed by atoms with Crippen LogP contribution in [0, 0.1) is 0 Å². The fourth-order valence-corrected chi connectivity index (χ4v) is 2.43. The van der Waals surface area contributed by atoms with Crippen LogP contribution in [0.5, 0.6) is 5.75 Å². The van der Waals surface area contributed by atoms with Crippen LogP contribution in [-0.2, 0) is 17.8 Å². The molecule has 0 aliphatic rings. The van der Waals surface area contributed by atoms with Crippen molar-refractivity contribution in [1.82, 2.24) is 15.1 Å². The average Bonchev–Trinajstić information content (AvgIpc) is 2.91. The molecule has 21 heavy (non-hydrogen) atoms. The minimum Gasteiger partial charge on any atom is -0.496 e. The van der Waals surface area contributed by atoms with Gasteiger partial charge in [0.1, 0.15) is 5.75 Å². The van der Waals surface area contributed by atoms with E-state index in [2.05, 4.69) is 32.4 Å².